The molecule has 0 aromatic heterocycles. The third kappa shape index (κ3) is 3.51. The van der Waals surface area contributed by atoms with Crippen molar-refractivity contribution in [1.29, 1.82) is 0 Å². The summed E-state index contributed by atoms with van der Waals surface area (Å²) >= 11 is 4.95. The van der Waals surface area contributed by atoms with E-state index in [1.54, 1.807) is 0 Å². The van der Waals surface area contributed by atoms with Crippen LogP contribution >= 0.6 is 12.2 Å². The molecule has 0 amide bonds. The van der Waals surface area contributed by atoms with Gasteiger partial charge in [-0.05, 0) is 19.4 Å². The number of benzene rings is 1. The maximum Gasteiger partial charge on any atom is 0.103 e. The first kappa shape index (κ1) is 13.5. The molecule has 0 unspecified atom stereocenters. The molecule has 1 aliphatic rings. The van der Waals surface area contributed by atoms with Crippen LogP contribution in [0.1, 0.15) is 25.0 Å². The van der Waals surface area contributed by atoms with Gasteiger partial charge in [0.2, 0.25) is 0 Å². The van der Waals surface area contributed by atoms with Gasteiger partial charge in [-0.25, -0.2) is 0 Å². The number of ether oxygens (including phenoxy) is 1. The minimum atomic E-state index is 0.310. The SMILES string of the molecule is C[C@@H]1CN(Cc2ccc(C(N)=S)cc2)C[C@H](C)O1. The van der Waals surface area contributed by atoms with Crippen molar-refractivity contribution in [2.75, 3.05) is 13.1 Å². The second-order valence-corrected chi connectivity index (χ2v) is 5.45. The van der Waals surface area contributed by atoms with Gasteiger partial charge in [-0.3, -0.25) is 4.90 Å². The fourth-order valence-corrected chi connectivity index (χ4v) is 2.58. The van der Waals surface area contributed by atoms with Crippen molar-refractivity contribution in [3.8, 4) is 0 Å². The van der Waals surface area contributed by atoms with Gasteiger partial charge >= 0.3 is 0 Å². The summed E-state index contributed by atoms with van der Waals surface area (Å²) in [6, 6.07) is 8.18. The Morgan fingerprint density at radius 2 is 1.83 bits per heavy atom. The Morgan fingerprint density at radius 1 is 1.28 bits per heavy atom. The average Bonchev–Trinajstić information content (AvgIpc) is 2.28. The van der Waals surface area contributed by atoms with E-state index in [4.69, 9.17) is 22.7 Å². The van der Waals surface area contributed by atoms with Crippen LogP contribution in [0.3, 0.4) is 0 Å². The molecule has 1 heterocycles. The molecule has 4 heteroatoms. The van der Waals surface area contributed by atoms with Crippen LogP contribution in [0.15, 0.2) is 24.3 Å². The topological polar surface area (TPSA) is 38.5 Å². The molecule has 2 N–H and O–H groups in total. The van der Waals surface area contributed by atoms with Crippen molar-refractivity contribution in [3.05, 3.63) is 35.4 Å². The van der Waals surface area contributed by atoms with Gasteiger partial charge in [-0.1, -0.05) is 36.5 Å². The third-order valence-electron chi connectivity index (χ3n) is 3.14. The van der Waals surface area contributed by atoms with Crippen LogP contribution < -0.4 is 5.73 Å². The fraction of sp³-hybridized carbons (Fsp3) is 0.500. The molecule has 2 atom stereocenters. The molecular formula is C14H20N2OS. The Morgan fingerprint density at radius 3 is 2.33 bits per heavy atom. The van der Waals surface area contributed by atoms with Gasteiger partial charge < -0.3 is 10.5 Å². The summed E-state index contributed by atoms with van der Waals surface area (Å²) in [5.41, 5.74) is 7.81. The standard InChI is InChI=1S/C14H20N2OS/c1-10-7-16(8-11(2)17-10)9-12-3-5-13(6-4-12)14(15)18/h3-6,10-11H,7-9H2,1-2H3,(H2,15,18)/t10-,11+. The van der Waals surface area contributed by atoms with Gasteiger partial charge in [-0.2, -0.15) is 0 Å². The smallest absolute Gasteiger partial charge is 0.103 e. The number of thiocarbonyl (C=S) groups is 1. The Bertz CT molecular complexity index is 408. The monoisotopic (exact) mass is 264 g/mol. The van der Waals surface area contributed by atoms with Crippen LogP contribution in [0.2, 0.25) is 0 Å². The van der Waals surface area contributed by atoms with Crippen LogP contribution in [-0.4, -0.2) is 35.2 Å². The van der Waals surface area contributed by atoms with E-state index < -0.39 is 0 Å². The number of morpholine rings is 1. The first-order valence-electron chi connectivity index (χ1n) is 6.31. The molecule has 2 rings (SSSR count). The number of nitrogens with zero attached hydrogens (tertiary/aromatic N) is 1. The largest absolute Gasteiger partial charge is 0.389 e. The number of rotatable bonds is 3. The molecule has 3 nitrogen and oxygen atoms in total. The Kier molecular flexibility index (Phi) is 4.32. The maximum absolute atomic E-state index is 5.73. The summed E-state index contributed by atoms with van der Waals surface area (Å²) in [6.07, 6.45) is 0.620. The summed E-state index contributed by atoms with van der Waals surface area (Å²) < 4.78 is 5.73. The number of nitrogens with two attached hydrogens (primary N) is 1. The van der Waals surface area contributed by atoms with E-state index in [9.17, 15) is 0 Å². The molecular weight excluding hydrogens is 244 g/mol. The lowest BCUT2D eigenvalue weighted by atomic mass is 10.1. The molecule has 0 radical (unpaired) electrons. The molecule has 1 saturated heterocycles. The fourth-order valence-electron chi connectivity index (χ4n) is 2.45. The summed E-state index contributed by atoms with van der Waals surface area (Å²) in [5.74, 6) is 0. The third-order valence-corrected chi connectivity index (χ3v) is 3.38. The van der Waals surface area contributed by atoms with Crippen molar-refractivity contribution in [1.82, 2.24) is 4.90 Å². The number of hydrogen-bond acceptors (Lipinski definition) is 3. The lowest BCUT2D eigenvalue weighted by Gasteiger charge is -2.35. The Hall–Kier alpha value is -0.970. The molecule has 1 aliphatic heterocycles. The molecule has 18 heavy (non-hydrogen) atoms. The minimum Gasteiger partial charge on any atom is -0.389 e. The summed E-state index contributed by atoms with van der Waals surface area (Å²) in [5, 5.41) is 0. The minimum absolute atomic E-state index is 0.310. The van der Waals surface area contributed by atoms with Crippen LogP contribution in [-0.2, 0) is 11.3 Å². The van der Waals surface area contributed by atoms with Crippen LogP contribution in [0.5, 0.6) is 0 Å². The van der Waals surface area contributed by atoms with Gasteiger partial charge in [0.25, 0.3) is 0 Å². The van der Waals surface area contributed by atoms with E-state index in [0.717, 1.165) is 25.2 Å². The molecule has 0 aliphatic carbocycles. The first-order chi connectivity index (χ1) is 8.54. The summed E-state index contributed by atoms with van der Waals surface area (Å²) in [4.78, 5) is 2.88. The van der Waals surface area contributed by atoms with E-state index in [2.05, 4.69) is 30.9 Å². The van der Waals surface area contributed by atoms with Gasteiger partial charge in [0.15, 0.2) is 0 Å². The quantitative estimate of drug-likeness (QED) is 0.847. The van der Waals surface area contributed by atoms with Gasteiger partial charge in [-0.15, -0.1) is 0 Å². The highest BCUT2D eigenvalue weighted by Gasteiger charge is 2.21. The molecule has 1 fully saturated rings. The number of hydrogen-bond donors (Lipinski definition) is 1. The first-order valence-corrected chi connectivity index (χ1v) is 6.72. The molecule has 0 bridgehead atoms. The van der Waals surface area contributed by atoms with Gasteiger partial charge in [0.1, 0.15) is 4.99 Å². The van der Waals surface area contributed by atoms with Crippen molar-refractivity contribution in [2.45, 2.75) is 32.6 Å². The second-order valence-electron chi connectivity index (χ2n) is 5.01. The summed E-state index contributed by atoms with van der Waals surface area (Å²) in [6.45, 7) is 7.18. The molecule has 1 aromatic carbocycles. The highest BCUT2D eigenvalue weighted by atomic mass is 32.1. The molecule has 1 aromatic rings. The van der Waals surface area contributed by atoms with Gasteiger partial charge in [0, 0.05) is 25.2 Å². The molecule has 0 saturated carbocycles. The van der Waals surface area contributed by atoms with Crippen molar-refractivity contribution >= 4 is 17.2 Å². The van der Waals surface area contributed by atoms with Crippen molar-refractivity contribution < 1.29 is 4.74 Å². The molecule has 0 spiro atoms. The van der Waals surface area contributed by atoms with E-state index in [0.29, 0.717) is 17.2 Å². The average molecular weight is 264 g/mol. The predicted octanol–water partition coefficient (Wildman–Crippen LogP) is 1.93. The Labute approximate surface area is 114 Å². The zero-order valence-corrected chi connectivity index (χ0v) is 11.7. The summed E-state index contributed by atoms with van der Waals surface area (Å²) in [7, 11) is 0. The van der Waals surface area contributed by atoms with Crippen LogP contribution in [0.25, 0.3) is 0 Å². The lowest BCUT2D eigenvalue weighted by molar-refractivity contribution is -0.0704. The normalized spacial score (nSPS) is 25.0. The van der Waals surface area contributed by atoms with Gasteiger partial charge in [0.05, 0.1) is 12.2 Å². The maximum atomic E-state index is 5.73. The van der Waals surface area contributed by atoms with Crippen molar-refractivity contribution in [3.63, 3.8) is 0 Å². The lowest BCUT2D eigenvalue weighted by Crippen LogP contribution is -2.44. The van der Waals surface area contributed by atoms with E-state index >= 15 is 0 Å². The molecule has 98 valence electrons. The van der Waals surface area contributed by atoms with Crippen LogP contribution in [0.4, 0.5) is 0 Å². The van der Waals surface area contributed by atoms with E-state index in [-0.39, 0.29) is 0 Å². The highest BCUT2D eigenvalue weighted by molar-refractivity contribution is 7.80. The predicted molar refractivity (Wildman–Crippen MR) is 77.6 cm³/mol. The highest BCUT2D eigenvalue weighted by Crippen LogP contribution is 2.14. The van der Waals surface area contributed by atoms with Crippen molar-refractivity contribution in [2.24, 2.45) is 5.73 Å². The zero-order chi connectivity index (χ0) is 13.1. The van der Waals surface area contributed by atoms with Crippen LogP contribution in [0, 0.1) is 0 Å². The van der Waals surface area contributed by atoms with E-state index in [1.807, 2.05) is 12.1 Å². The zero-order valence-electron chi connectivity index (χ0n) is 10.9. The second kappa shape index (κ2) is 5.78. The van der Waals surface area contributed by atoms with E-state index in [1.165, 1.54) is 5.56 Å². The Balaban J connectivity index is 1.98.